The van der Waals surface area contributed by atoms with Gasteiger partial charge in [-0.15, -0.1) is 0 Å². The van der Waals surface area contributed by atoms with Crippen LogP contribution in [0.2, 0.25) is 0 Å². The first-order valence-corrected chi connectivity index (χ1v) is 13.4. The molecule has 0 bridgehead atoms. The molecule has 1 aliphatic heterocycles. The summed E-state index contributed by atoms with van der Waals surface area (Å²) in [5.41, 5.74) is 1.94. The molecule has 4 rings (SSSR count). The van der Waals surface area contributed by atoms with E-state index >= 15 is 0 Å². The first-order valence-electron chi connectivity index (χ1n) is 12.0. The molecule has 0 saturated heterocycles. The van der Waals surface area contributed by atoms with Crippen molar-refractivity contribution < 1.29 is 22.7 Å². The minimum atomic E-state index is -3.96. The minimum absolute atomic E-state index is 0.00898. The van der Waals surface area contributed by atoms with Crippen LogP contribution in [0.15, 0.2) is 71.9 Å². The van der Waals surface area contributed by atoms with Gasteiger partial charge in [0.15, 0.2) is 0 Å². The van der Waals surface area contributed by atoms with Gasteiger partial charge in [0, 0.05) is 49.6 Å². The fourth-order valence-corrected chi connectivity index (χ4v) is 6.31. The maximum atomic E-state index is 14.5. The van der Waals surface area contributed by atoms with E-state index in [1.54, 1.807) is 43.5 Å². The number of nitrogens with zero attached hydrogens (tertiary/aromatic N) is 3. The first kappa shape index (κ1) is 26.2. The van der Waals surface area contributed by atoms with Gasteiger partial charge in [0.2, 0.25) is 10.0 Å². The zero-order valence-corrected chi connectivity index (χ0v) is 21.5. The third kappa shape index (κ3) is 5.59. The molecule has 2 heterocycles. The van der Waals surface area contributed by atoms with Crippen molar-refractivity contribution in [3.05, 3.63) is 78.4 Å². The molecule has 36 heavy (non-hydrogen) atoms. The highest BCUT2D eigenvalue weighted by atomic mass is 32.2. The summed E-state index contributed by atoms with van der Waals surface area (Å²) in [5.74, 6) is -0.407. The van der Waals surface area contributed by atoms with Gasteiger partial charge in [-0.3, -0.25) is 9.88 Å². The zero-order valence-electron chi connectivity index (χ0n) is 20.7. The number of fused-ring (bicyclic) bond motifs is 1. The van der Waals surface area contributed by atoms with Crippen LogP contribution in [-0.2, 0) is 16.6 Å². The number of aromatic nitrogens is 1. The average molecular weight is 514 g/mol. The molecule has 9 heteroatoms. The van der Waals surface area contributed by atoms with Crippen LogP contribution in [0.25, 0.3) is 11.1 Å². The van der Waals surface area contributed by atoms with Gasteiger partial charge >= 0.3 is 0 Å². The second-order valence-corrected chi connectivity index (χ2v) is 11.3. The number of rotatable bonds is 7. The van der Waals surface area contributed by atoms with Gasteiger partial charge in [-0.25, -0.2) is 12.8 Å². The van der Waals surface area contributed by atoms with E-state index < -0.39 is 21.9 Å². The van der Waals surface area contributed by atoms with Crippen LogP contribution in [0.1, 0.15) is 19.4 Å². The zero-order chi connectivity index (χ0) is 25.9. The van der Waals surface area contributed by atoms with E-state index in [2.05, 4.69) is 9.88 Å². The lowest BCUT2D eigenvalue weighted by molar-refractivity contribution is 0.0734. The normalized spacial score (nSPS) is 20.7. The monoisotopic (exact) mass is 513 g/mol. The third-order valence-corrected chi connectivity index (χ3v) is 8.54. The molecule has 0 fully saturated rings. The van der Waals surface area contributed by atoms with Crippen molar-refractivity contribution >= 4 is 10.0 Å². The quantitative estimate of drug-likeness (QED) is 0.518. The Labute approximate surface area is 212 Å². The van der Waals surface area contributed by atoms with Crippen LogP contribution in [0, 0.1) is 11.7 Å². The van der Waals surface area contributed by atoms with Crippen LogP contribution in [0.5, 0.6) is 5.75 Å². The number of aliphatic hydroxyl groups is 1. The molecule has 1 aliphatic rings. The lowest BCUT2D eigenvalue weighted by atomic mass is 10.0. The molecule has 0 amide bonds. The molecule has 1 N–H and O–H groups in total. The minimum Gasteiger partial charge on any atom is -0.487 e. The number of benzene rings is 2. The van der Waals surface area contributed by atoms with Crippen molar-refractivity contribution in [3.63, 3.8) is 0 Å². The Balaban J connectivity index is 1.74. The maximum Gasteiger partial charge on any atom is 0.247 e. The van der Waals surface area contributed by atoms with Crippen molar-refractivity contribution in [2.24, 2.45) is 5.92 Å². The number of likely N-dealkylation sites (N-methyl/N-ethyl adjacent to an activating group) is 1. The molecule has 7 nitrogen and oxygen atoms in total. The molecule has 1 aromatic heterocycles. The summed E-state index contributed by atoms with van der Waals surface area (Å²) < 4.78 is 49.6. The van der Waals surface area contributed by atoms with E-state index in [1.807, 2.05) is 32.3 Å². The summed E-state index contributed by atoms with van der Waals surface area (Å²) in [6.45, 7) is 4.70. The standard InChI is InChI=1S/C27H32FN3O4S/c1-19-15-31(20(2)18-32)36(33,34)27-11-10-22(23-8-4-5-9-24(23)28)13-25(27)35-26(19)17-30(3)16-21-7-6-12-29-14-21/h4-14,19-20,26,32H,15-18H2,1-3H3/t19-,20-,26-/m0/s1. The van der Waals surface area contributed by atoms with Crippen LogP contribution < -0.4 is 4.74 Å². The van der Waals surface area contributed by atoms with Gasteiger partial charge in [-0.05, 0) is 49.4 Å². The van der Waals surface area contributed by atoms with Gasteiger partial charge in [-0.1, -0.05) is 37.3 Å². The van der Waals surface area contributed by atoms with Crippen molar-refractivity contribution in [2.75, 3.05) is 26.7 Å². The molecule has 3 aromatic rings. The Bertz CT molecular complexity index is 1290. The van der Waals surface area contributed by atoms with Crippen LogP contribution >= 0.6 is 0 Å². The molecule has 0 radical (unpaired) electrons. The predicted octanol–water partition coefficient (Wildman–Crippen LogP) is 3.79. The fraction of sp³-hybridized carbons (Fsp3) is 0.370. The molecule has 0 spiro atoms. The van der Waals surface area contributed by atoms with Crippen molar-refractivity contribution in [1.82, 2.24) is 14.2 Å². The Morgan fingerprint density at radius 1 is 1.22 bits per heavy atom. The number of sulfonamides is 1. The molecular weight excluding hydrogens is 481 g/mol. The summed E-state index contributed by atoms with van der Waals surface area (Å²) in [4.78, 5) is 6.29. The largest absolute Gasteiger partial charge is 0.487 e. The van der Waals surface area contributed by atoms with E-state index in [0.717, 1.165) is 5.56 Å². The predicted molar refractivity (Wildman–Crippen MR) is 136 cm³/mol. The highest BCUT2D eigenvalue weighted by Crippen LogP contribution is 2.37. The molecule has 192 valence electrons. The third-order valence-electron chi connectivity index (χ3n) is 6.52. The van der Waals surface area contributed by atoms with E-state index in [9.17, 15) is 17.9 Å². The smallest absolute Gasteiger partial charge is 0.247 e. The lowest BCUT2D eigenvalue weighted by Crippen LogP contribution is -2.49. The fourth-order valence-electron chi connectivity index (χ4n) is 4.48. The topological polar surface area (TPSA) is 83.0 Å². The highest BCUT2D eigenvalue weighted by Gasteiger charge is 2.38. The molecule has 0 saturated carbocycles. The number of pyridine rings is 1. The van der Waals surface area contributed by atoms with Crippen molar-refractivity contribution in [3.8, 4) is 16.9 Å². The Hall–Kier alpha value is -2.85. The molecule has 0 unspecified atom stereocenters. The molecule has 3 atom stereocenters. The summed E-state index contributed by atoms with van der Waals surface area (Å²) in [6.07, 6.45) is 3.18. The second-order valence-electron chi connectivity index (χ2n) is 9.44. The Kier molecular flexibility index (Phi) is 8.04. The highest BCUT2D eigenvalue weighted by molar-refractivity contribution is 7.89. The molecule has 2 aromatic carbocycles. The SMILES string of the molecule is C[C@H]1CN([C@@H](C)CO)S(=O)(=O)c2ccc(-c3ccccc3F)cc2O[C@H]1CN(C)Cc1cccnc1. The number of hydrogen-bond donors (Lipinski definition) is 1. The summed E-state index contributed by atoms with van der Waals surface area (Å²) in [7, 11) is -1.99. The van der Waals surface area contributed by atoms with Crippen molar-refractivity contribution in [2.45, 2.75) is 37.4 Å². The van der Waals surface area contributed by atoms with E-state index in [-0.39, 0.29) is 35.8 Å². The number of aliphatic hydroxyl groups excluding tert-OH is 1. The summed E-state index contributed by atoms with van der Waals surface area (Å²) in [6, 6.07) is 14.3. The van der Waals surface area contributed by atoms with Crippen LogP contribution in [-0.4, -0.2) is 66.6 Å². The summed E-state index contributed by atoms with van der Waals surface area (Å²) in [5, 5.41) is 9.82. The maximum absolute atomic E-state index is 14.5. The average Bonchev–Trinajstić information content (AvgIpc) is 2.86. The number of hydrogen-bond acceptors (Lipinski definition) is 6. The van der Waals surface area contributed by atoms with Gasteiger partial charge in [0.1, 0.15) is 22.6 Å². The lowest BCUT2D eigenvalue weighted by Gasteiger charge is -2.37. The number of halogens is 1. The van der Waals surface area contributed by atoms with Crippen LogP contribution in [0.4, 0.5) is 4.39 Å². The second kappa shape index (κ2) is 11.0. The van der Waals surface area contributed by atoms with Gasteiger partial charge < -0.3 is 9.84 Å². The van der Waals surface area contributed by atoms with Gasteiger partial charge in [-0.2, -0.15) is 4.31 Å². The van der Waals surface area contributed by atoms with E-state index in [4.69, 9.17) is 4.74 Å². The van der Waals surface area contributed by atoms with Crippen molar-refractivity contribution in [1.29, 1.82) is 0 Å². The van der Waals surface area contributed by atoms with E-state index in [0.29, 0.717) is 24.2 Å². The first-order chi connectivity index (χ1) is 17.2. The van der Waals surface area contributed by atoms with Gasteiger partial charge in [0.05, 0.1) is 6.61 Å². The van der Waals surface area contributed by atoms with Crippen LogP contribution in [0.3, 0.4) is 0 Å². The van der Waals surface area contributed by atoms with E-state index in [1.165, 1.54) is 16.4 Å². The summed E-state index contributed by atoms with van der Waals surface area (Å²) >= 11 is 0. The Morgan fingerprint density at radius 3 is 2.69 bits per heavy atom. The molecular formula is C27H32FN3O4S. The van der Waals surface area contributed by atoms with Gasteiger partial charge in [0.25, 0.3) is 0 Å². The molecule has 0 aliphatic carbocycles. The Morgan fingerprint density at radius 2 is 2.00 bits per heavy atom. The number of ether oxygens (including phenoxy) is 1.